The smallest absolute Gasteiger partial charge is 0.0238 e. The van der Waals surface area contributed by atoms with Gasteiger partial charge < -0.3 is 5.32 Å². The van der Waals surface area contributed by atoms with E-state index in [4.69, 9.17) is 0 Å². The van der Waals surface area contributed by atoms with Crippen molar-refractivity contribution in [1.29, 1.82) is 0 Å². The molecule has 0 aliphatic carbocycles. The fourth-order valence-electron chi connectivity index (χ4n) is 0.838. The van der Waals surface area contributed by atoms with Crippen LogP contribution in [0.5, 0.6) is 0 Å². The van der Waals surface area contributed by atoms with Crippen LogP contribution in [0.1, 0.15) is 32.6 Å². The van der Waals surface area contributed by atoms with E-state index in [9.17, 15) is 0 Å². The Morgan fingerprint density at radius 1 is 1.30 bits per heavy atom. The summed E-state index contributed by atoms with van der Waals surface area (Å²) >= 11 is 4.67. The molecule has 0 rings (SSSR count). The van der Waals surface area contributed by atoms with E-state index >= 15 is 0 Å². The highest BCUT2D eigenvalue weighted by molar-refractivity contribution is 7.79. The van der Waals surface area contributed by atoms with Gasteiger partial charge in [-0.05, 0) is 18.3 Å². The van der Waals surface area contributed by atoms with Gasteiger partial charge in [0.25, 0.3) is 0 Å². The lowest BCUT2D eigenvalue weighted by Gasteiger charge is -1.99. The molecule has 0 radical (unpaired) electrons. The number of rotatable bonds is 7. The Bertz CT molecular complexity index is 73.7. The van der Waals surface area contributed by atoms with Gasteiger partial charge in [0, 0.05) is 6.54 Å². The van der Waals surface area contributed by atoms with Crippen molar-refractivity contribution in [1.82, 2.24) is 5.32 Å². The second kappa shape index (κ2) is 9.05. The van der Waals surface area contributed by atoms with Gasteiger partial charge in [0.05, 0.1) is 0 Å². The van der Waals surface area contributed by atoms with E-state index in [1.807, 2.05) is 0 Å². The first-order valence-electron chi connectivity index (χ1n) is 4.06. The monoisotopic (exact) mass is 159 g/mol. The van der Waals surface area contributed by atoms with Crippen molar-refractivity contribution in [3.8, 4) is 0 Å². The van der Waals surface area contributed by atoms with Gasteiger partial charge in [-0.3, -0.25) is 0 Å². The van der Waals surface area contributed by atoms with E-state index in [-0.39, 0.29) is 0 Å². The van der Waals surface area contributed by atoms with E-state index in [2.05, 4.69) is 24.5 Å². The van der Waals surface area contributed by atoms with Crippen LogP contribution in [0.2, 0.25) is 0 Å². The minimum Gasteiger partial charge on any atom is -0.312 e. The summed E-state index contributed by atoms with van der Waals surface area (Å²) < 4.78 is 0. The average molecular weight is 159 g/mol. The molecule has 0 unspecified atom stereocenters. The normalized spacial score (nSPS) is 9.70. The predicted molar refractivity (Wildman–Crippen MR) is 50.7 cm³/mol. The standard InChI is InChI=1S/C8H17NS/c1-2-3-4-5-6-9-7-8-10/h8-9H,2-7H2,1H3. The zero-order valence-electron chi connectivity index (χ0n) is 6.73. The lowest BCUT2D eigenvalue weighted by atomic mass is 10.2. The second-order valence-electron chi connectivity index (χ2n) is 2.43. The van der Waals surface area contributed by atoms with Crippen LogP contribution in [-0.2, 0) is 0 Å². The van der Waals surface area contributed by atoms with Crippen molar-refractivity contribution < 1.29 is 0 Å². The van der Waals surface area contributed by atoms with Crippen LogP contribution < -0.4 is 5.32 Å². The van der Waals surface area contributed by atoms with E-state index < -0.39 is 0 Å². The quantitative estimate of drug-likeness (QED) is 0.451. The van der Waals surface area contributed by atoms with Gasteiger partial charge in [0.2, 0.25) is 0 Å². The molecule has 0 aromatic rings. The molecule has 1 N–H and O–H groups in total. The molecule has 0 aliphatic heterocycles. The van der Waals surface area contributed by atoms with Crippen LogP contribution >= 0.6 is 12.2 Å². The van der Waals surface area contributed by atoms with E-state index in [0.717, 1.165) is 13.1 Å². The molecule has 0 spiro atoms. The molecule has 10 heavy (non-hydrogen) atoms. The number of nitrogens with one attached hydrogen (secondary N) is 1. The van der Waals surface area contributed by atoms with Crippen LogP contribution in [0.15, 0.2) is 0 Å². The fourth-order valence-corrected chi connectivity index (χ4v) is 0.956. The Kier molecular flexibility index (Phi) is 9.10. The van der Waals surface area contributed by atoms with Crippen LogP contribution in [0, 0.1) is 0 Å². The van der Waals surface area contributed by atoms with Gasteiger partial charge in [-0.1, -0.05) is 38.4 Å². The van der Waals surface area contributed by atoms with E-state index in [1.165, 1.54) is 25.7 Å². The van der Waals surface area contributed by atoms with Crippen LogP contribution in [-0.4, -0.2) is 18.5 Å². The first kappa shape index (κ1) is 10.0. The third kappa shape index (κ3) is 8.05. The Labute approximate surface area is 69.2 Å². The number of thiocarbonyl (C=S) groups is 1. The summed E-state index contributed by atoms with van der Waals surface area (Å²) in [6, 6.07) is 0. The number of hydrogen-bond acceptors (Lipinski definition) is 2. The lowest BCUT2D eigenvalue weighted by Crippen LogP contribution is -2.16. The molecule has 0 saturated carbocycles. The maximum atomic E-state index is 4.67. The molecule has 0 aliphatic rings. The third-order valence-electron chi connectivity index (χ3n) is 1.43. The third-order valence-corrected chi connectivity index (χ3v) is 1.60. The van der Waals surface area contributed by atoms with Gasteiger partial charge >= 0.3 is 0 Å². The molecule has 0 aromatic heterocycles. The highest BCUT2D eigenvalue weighted by atomic mass is 32.1. The Balaban J connectivity index is 2.70. The average Bonchev–Trinajstić information content (AvgIpc) is 1.97. The maximum absolute atomic E-state index is 4.67. The molecule has 0 heterocycles. The lowest BCUT2D eigenvalue weighted by molar-refractivity contribution is 0.627. The van der Waals surface area contributed by atoms with Crippen molar-refractivity contribution in [2.45, 2.75) is 32.6 Å². The molecule has 0 aromatic carbocycles. The Morgan fingerprint density at radius 2 is 2.10 bits per heavy atom. The zero-order chi connectivity index (χ0) is 7.66. The summed E-state index contributed by atoms with van der Waals surface area (Å²) in [5.74, 6) is 0. The Morgan fingerprint density at radius 3 is 2.70 bits per heavy atom. The van der Waals surface area contributed by atoms with Crippen molar-refractivity contribution in [3.05, 3.63) is 0 Å². The Hall–Kier alpha value is 0.0500. The van der Waals surface area contributed by atoms with E-state index in [1.54, 1.807) is 5.37 Å². The van der Waals surface area contributed by atoms with Crippen molar-refractivity contribution in [2.75, 3.05) is 13.1 Å². The number of hydrogen-bond donors (Lipinski definition) is 1. The number of unbranched alkanes of at least 4 members (excludes halogenated alkanes) is 3. The molecule has 0 saturated heterocycles. The predicted octanol–water partition coefficient (Wildman–Crippen LogP) is 2.16. The van der Waals surface area contributed by atoms with Crippen LogP contribution in [0.25, 0.3) is 0 Å². The summed E-state index contributed by atoms with van der Waals surface area (Å²) in [6.45, 7) is 4.22. The zero-order valence-corrected chi connectivity index (χ0v) is 7.54. The summed E-state index contributed by atoms with van der Waals surface area (Å²) in [7, 11) is 0. The fraction of sp³-hybridized carbons (Fsp3) is 0.875. The highest BCUT2D eigenvalue weighted by Gasteiger charge is 1.85. The van der Waals surface area contributed by atoms with E-state index in [0.29, 0.717) is 0 Å². The molecule has 60 valence electrons. The highest BCUT2D eigenvalue weighted by Crippen LogP contribution is 1.96. The summed E-state index contributed by atoms with van der Waals surface area (Å²) in [5.41, 5.74) is 0. The second-order valence-corrected chi connectivity index (χ2v) is 2.76. The molecule has 1 nitrogen and oxygen atoms in total. The van der Waals surface area contributed by atoms with Crippen LogP contribution in [0.4, 0.5) is 0 Å². The first-order chi connectivity index (χ1) is 4.91. The topological polar surface area (TPSA) is 12.0 Å². The molecular weight excluding hydrogens is 142 g/mol. The van der Waals surface area contributed by atoms with Gasteiger partial charge in [-0.2, -0.15) is 0 Å². The molecule has 0 fully saturated rings. The maximum Gasteiger partial charge on any atom is 0.0238 e. The SMILES string of the molecule is CCCCCCNCC=S. The van der Waals surface area contributed by atoms with Crippen molar-refractivity contribution in [2.24, 2.45) is 0 Å². The first-order valence-corrected chi connectivity index (χ1v) is 4.53. The molecular formula is C8H17NS. The summed E-state index contributed by atoms with van der Waals surface area (Å²) in [5, 5.41) is 4.97. The largest absolute Gasteiger partial charge is 0.312 e. The van der Waals surface area contributed by atoms with Crippen molar-refractivity contribution >= 4 is 17.6 Å². The summed E-state index contributed by atoms with van der Waals surface area (Å²) in [4.78, 5) is 0. The van der Waals surface area contributed by atoms with Gasteiger partial charge in [0.15, 0.2) is 0 Å². The molecule has 0 amide bonds. The summed E-state index contributed by atoms with van der Waals surface area (Å²) in [6.07, 6.45) is 5.31. The van der Waals surface area contributed by atoms with Gasteiger partial charge in [0.1, 0.15) is 0 Å². The van der Waals surface area contributed by atoms with Gasteiger partial charge in [-0.15, -0.1) is 0 Å². The van der Waals surface area contributed by atoms with Crippen LogP contribution in [0.3, 0.4) is 0 Å². The van der Waals surface area contributed by atoms with Crippen molar-refractivity contribution in [3.63, 3.8) is 0 Å². The molecule has 0 bridgehead atoms. The minimum absolute atomic E-state index is 0.876. The molecule has 2 heteroatoms. The van der Waals surface area contributed by atoms with Gasteiger partial charge in [-0.25, -0.2) is 0 Å². The minimum atomic E-state index is 0.876. The molecule has 0 atom stereocenters.